The minimum Gasteiger partial charge on any atom is -0.370 e. The third kappa shape index (κ3) is 4.39. The van der Waals surface area contributed by atoms with Crippen molar-refractivity contribution in [3.8, 4) is 0 Å². The first-order valence-corrected chi connectivity index (χ1v) is 8.77. The number of hydrogen-bond donors (Lipinski definition) is 0. The zero-order valence-corrected chi connectivity index (χ0v) is 13.7. The maximum absolute atomic E-state index is 13.0. The third-order valence-electron chi connectivity index (χ3n) is 4.05. The predicted molar refractivity (Wildman–Crippen MR) is 88.9 cm³/mol. The number of amides is 1. The van der Waals surface area contributed by atoms with Crippen molar-refractivity contribution in [1.82, 2.24) is 4.90 Å². The molecule has 23 heavy (non-hydrogen) atoms. The van der Waals surface area contributed by atoms with Gasteiger partial charge in [-0.15, -0.1) is 11.3 Å². The van der Waals surface area contributed by atoms with Crippen LogP contribution in [0.1, 0.15) is 29.4 Å². The second kappa shape index (κ2) is 7.70. The lowest BCUT2D eigenvalue weighted by molar-refractivity contribution is -0.139. The van der Waals surface area contributed by atoms with Gasteiger partial charge in [0.15, 0.2) is 0 Å². The highest BCUT2D eigenvalue weighted by Crippen LogP contribution is 2.23. The Morgan fingerprint density at radius 3 is 2.87 bits per heavy atom. The van der Waals surface area contributed by atoms with Crippen LogP contribution in [0.2, 0.25) is 0 Å². The van der Waals surface area contributed by atoms with Gasteiger partial charge in [-0.3, -0.25) is 4.79 Å². The highest BCUT2D eigenvalue weighted by Gasteiger charge is 2.25. The van der Waals surface area contributed by atoms with Crippen LogP contribution in [-0.2, 0) is 16.0 Å². The van der Waals surface area contributed by atoms with E-state index >= 15 is 0 Å². The van der Waals surface area contributed by atoms with Gasteiger partial charge in [-0.05, 0) is 42.0 Å². The van der Waals surface area contributed by atoms with Crippen LogP contribution in [0.25, 0.3) is 0 Å². The highest BCUT2D eigenvalue weighted by atomic mass is 32.1. The largest absolute Gasteiger partial charge is 0.370 e. The zero-order valence-electron chi connectivity index (χ0n) is 12.9. The van der Waals surface area contributed by atoms with Crippen LogP contribution in [-0.4, -0.2) is 30.5 Å². The van der Waals surface area contributed by atoms with Gasteiger partial charge in [-0.1, -0.05) is 18.2 Å². The molecule has 0 bridgehead atoms. The Hall–Kier alpha value is -1.72. The summed E-state index contributed by atoms with van der Waals surface area (Å²) in [5.41, 5.74) is 0.919. The Morgan fingerprint density at radius 1 is 1.30 bits per heavy atom. The van der Waals surface area contributed by atoms with Crippen molar-refractivity contribution in [3.05, 3.63) is 58.0 Å². The number of carbonyl (C=O) groups excluding carboxylic acids is 1. The monoisotopic (exact) mass is 333 g/mol. The number of thiophene rings is 1. The number of benzene rings is 1. The molecular formula is C18H20FNO2S. The second-order valence-corrected chi connectivity index (χ2v) is 6.72. The summed E-state index contributed by atoms with van der Waals surface area (Å²) in [7, 11) is 0. The molecule has 0 radical (unpaired) electrons. The molecule has 1 saturated heterocycles. The van der Waals surface area contributed by atoms with Gasteiger partial charge in [0.2, 0.25) is 5.91 Å². The van der Waals surface area contributed by atoms with Crippen LogP contribution >= 0.6 is 11.3 Å². The molecule has 0 aliphatic carbocycles. The number of carbonyl (C=O) groups is 1. The number of halogens is 1. The average molecular weight is 333 g/mol. The minimum atomic E-state index is -0.258. The topological polar surface area (TPSA) is 29.5 Å². The van der Waals surface area contributed by atoms with E-state index in [0.29, 0.717) is 26.1 Å². The van der Waals surface area contributed by atoms with E-state index < -0.39 is 0 Å². The van der Waals surface area contributed by atoms with Crippen LogP contribution in [0.3, 0.4) is 0 Å². The van der Waals surface area contributed by atoms with Crippen LogP contribution in [0.15, 0.2) is 41.8 Å². The maximum Gasteiger partial charge on any atom is 0.222 e. The quantitative estimate of drug-likeness (QED) is 0.833. The summed E-state index contributed by atoms with van der Waals surface area (Å²) in [6, 6.07) is 10.5. The van der Waals surface area contributed by atoms with E-state index in [1.54, 1.807) is 23.5 Å². The lowest BCUT2D eigenvalue weighted by atomic mass is 10.1. The van der Waals surface area contributed by atoms with Gasteiger partial charge >= 0.3 is 0 Å². The first-order valence-electron chi connectivity index (χ1n) is 7.89. The van der Waals surface area contributed by atoms with Crippen molar-refractivity contribution in [2.75, 3.05) is 19.7 Å². The smallest absolute Gasteiger partial charge is 0.222 e. The molecule has 2 heterocycles. The Bertz CT molecular complexity index is 627. The Balaban J connectivity index is 1.51. The van der Waals surface area contributed by atoms with Crippen molar-refractivity contribution in [2.45, 2.75) is 25.4 Å². The molecule has 0 N–H and O–H groups in total. The van der Waals surface area contributed by atoms with Gasteiger partial charge in [0.05, 0.1) is 13.2 Å². The molecule has 5 heteroatoms. The Kier molecular flexibility index (Phi) is 5.41. The summed E-state index contributed by atoms with van der Waals surface area (Å²) in [6.45, 7) is 1.71. The highest BCUT2D eigenvalue weighted by molar-refractivity contribution is 7.09. The molecule has 1 aliphatic rings. The van der Waals surface area contributed by atoms with E-state index in [1.807, 2.05) is 11.0 Å². The van der Waals surface area contributed by atoms with E-state index in [4.69, 9.17) is 4.74 Å². The Labute approximate surface area is 139 Å². The van der Waals surface area contributed by atoms with E-state index in [9.17, 15) is 9.18 Å². The number of rotatable bonds is 5. The number of aryl methyl sites for hydroxylation is 1. The number of nitrogens with zero attached hydrogens (tertiary/aromatic N) is 1. The molecule has 1 aromatic heterocycles. The van der Waals surface area contributed by atoms with Crippen LogP contribution in [0.4, 0.5) is 4.39 Å². The van der Waals surface area contributed by atoms with Crippen molar-refractivity contribution in [3.63, 3.8) is 0 Å². The second-order valence-electron chi connectivity index (χ2n) is 5.68. The fraction of sp³-hybridized carbons (Fsp3) is 0.389. The molecule has 1 atom stereocenters. The van der Waals surface area contributed by atoms with E-state index in [1.165, 1.54) is 17.0 Å². The predicted octanol–water partition coefficient (Wildman–Crippen LogP) is 3.81. The normalized spacial score (nSPS) is 18.1. The molecule has 1 aliphatic heterocycles. The lowest BCUT2D eigenvalue weighted by Crippen LogP contribution is -2.42. The first kappa shape index (κ1) is 16.1. The summed E-state index contributed by atoms with van der Waals surface area (Å²) >= 11 is 1.73. The van der Waals surface area contributed by atoms with Gasteiger partial charge in [0.25, 0.3) is 0 Å². The molecule has 0 spiro atoms. The Morgan fingerprint density at radius 2 is 2.13 bits per heavy atom. The minimum absolute atomic E-state index is 0.161. The molecule has 3 rings (SSSR count). The van der Waals surface area contributed by atoms with Crippen molar-refractivity contribution in [1.29, 1.82) is 0 Å². The van der Waals surface area contributed by atoms with Crippen molar-refractivity contribution in [2.24, 2.45) is 0 Å². The van der Waals surface area contributed by atoms with Gasteiger partial charge in [0, 0.05) is 17.8 Å². The molecule has 122 valence electrons. The van der Waals surface area contributed by atoms with Crippen molar-refractivity contribution < 1.29 is 13.9 Å². The number of morpholine rings is 1. The standard InChI is InChI=1S/C18H20FNO2S/c19-15-8-6-14(7-9-15)17-13-20(10-11-22-17)18(21)5-1-3-16-4-2-12-23-16/h2,4,6-9,12,17H,1,3,5,10-11,13H2/t17-/m1/s1. The first-order chi connectivity index (χ1) is 11.2. The summed E-state index contributed by atoms with van der Waals surface area (Å²) in [6.07, 6.45) is 2.23. The maximum atomic E-state index is 13.0. The molecular weight excluding hydrogens is 313 g/mol. The summed E-state index contributed by atoms with van der Waals surface area (Å²) in [5.74, 6) is -0.0805. The average Bonchev–Trinajstić information content (AvgIpc) is 3.09. The van der Waals surface area contributed by atoms with Crippen molar-refractivity contribution >= 4 is 17.2 Å². The summed E-state index contributed by atoms with van der Waals surface area (Å²) in [4.78, 5) is 15.6. The molecule has 1 aromatic carbocycles. The molecule has 0 unspecified atom stereocenters. The van der Waals surface area contributed by atoms with E-state index in [-0.39, 0.29) is 17.8 Å². The van der Waals surface area contributed by atoms with Crippen LogP contribution in [0, 0.1) is 5.82 Å². The number of hydrogen-bond acceptors (Lipinski definition) is 3. The van der Waals surface area contributed by atoms with Gasteiger partial charge in [0.1, 0.15) is 11.9 Å². The van der Waals surface area contributed by atoms with Gasteiger partial charge < -0.3 is 9.64 Å². The SMILES string of the molecule is O=C(CCCc1cccs1)N1CCO[C@@H](c2ccc(F)cc2)C1. The molecule has 1 amide bonds. The fourth-order valence-corrected chi connectivity index (χ4v) is 3.53. The van der Waals surface area contributed by atoms with E-state index in [2.05, 4.69) is 11.4 Å². The fourth-order valence-electron chi connectivity index (χ4n) is 2.78. The van der Waals surface area contributed by atoms with Crippen LogP contribution in [0.5, 0.6) is 0 Å². The van der Waals surface area contributed by atoms with Gasteiger partial charge in [-0.2, -0.15) is 0 Å². The third-order valence-corrected chi connectivity index (χ3v) is 4.99. The summed E-state index contributed by atoms with van der Waals surface area (Å²) < 4.78 is 18.7. The lowest BCUT2D eigenvalue weighted by Gasteiger charge is -2.33. The molecule has 1 fully saturated rings. The molecule has 3 nitrogen and oxygen atoms in total. The molecule has 0 saturated carbocycles. The molecule has 2 aromatic rings. The van der Waals surface area contributed by atoms with Gasteiger partial charge in [-0.25, -0.2) is 4.39 Å². The van der Waals surface area contributed by atoms with Crippen LogP contribution < -0.4 is 0 Å². The van der Waals surface area contributed by atoms with E-state index in [0.717, 1.165) is 18.4 Å². The number of ether oxygens (including phenoxy) is 1. The zero-order chi connectivity index (χ0) is 16.1. The summed E-state index contributed by atoms with van der Waals surface area (Å²) in [5, 5.41) is 2.06.